The minimum Gasteiger partial charge on any atom is -0.347 e. The molecule has 3 rings (SSSR count). The quantitative estimate of drug-likeness (QED) is 0.929. The van der Waals surface area contributed by atoms with Gasteiger partial charge >= 0.3 is 0 Å². The van der Waals surface area contributed by atoms with Crippen LogP contribution in [-0.2, 0) is 0 Å². The van der Waals surface area contributed by atoms with E-state index in [2.05, 4.69) is 17.2 Å². The number of piperidine rings is 1. The molecule has 1 fully saturated rings. The van der Waals surface area contributed by atoms with E-state index >= 15 is 0 Å². The number of amides is 2. The van der Waals surface area contributed by atoms with Crippen LogP contribution in [0.25, 0.3) is 5.52 Å². The standard InChI is InChI=1S/C19H26N4O2/c1-4-14-9-5-7-11-22(14)19(25)16-15-10-6-8-12-23(15)17(21-16)18(24)20-13(2)3/h6,8,10,12-14H,4-5,7,9,11H2,1-3H3,(H,20,24). The lowest BCUT2D eigenvalue weighted by molar-refractivity contribution is 0.0604. The summed E-state index contributed by atoms with van der Waals surface area (Å²) in [5.74, 6) is -0.0718. The first-order valence-electron chi connectivity index (χ1n) is 9.11. The summed E-state index contributed by atoms with van der Waals surface area (Å²) >= 11 is 0. The van der Waals surface area contributed by atoms with Crippen LogP contribution in [0.4, 0.5) is 0 Å². The van der Waals surface area contributed by atoms with Crippen LogP contribution in [-0.4, -0.2) is 44.7 Å². The SMILES string of the molecule is CCC1CCCCN1C(=O)c1nc(C(=O)NC(C)C)n2ccccc12. The molecule has 1 unspecified atom stereocenters. The van der Waals surface area contributed by atoms with Crippen molar-refractivity contribution in [2.75, 3.05) is 6.54 Å². The van der Waals surface area contributed by atoms with E-state index in [0.717, 1.165) is 32.2 Å². The van der Waals surface area contributed by atoms with Gasteiger partial charge < -0.3 is 10.2 Å². The second-order valence-electron chi connectivity index (χ2n) is 6.92. The summed E-state index contributed by atoms with van der Waals surface area (Å²) in [6, 6.07) is 5.82. The highest BCUT2D eigenvalue weighted by Crippen LogP contribution is 2.23. The number of rotatable bonds is 4. The zero-order chi connectivity index (χ0) is 18.0. The van der Waals surface area contributed by atoms with Crippen LogP contribution in [0.1, 0.15) is 67.6 Å². The van der Waals surface area contributed by atoms with Gasteiger partial charge in [0, 0.05) is 24.8 Å². The molecule has 1 saturated heterocycles. The summed E-state index contributed by atoms with van der Waals surface area (Å²) in [6.45, 7) is 6.68. The van der Waals surface area contributed by atoms with Gasteiger partial charge in [-0.1, -0.05) is 13.0 Å². The number of carbonyl (C=O) groups excluding carboxylic acids is 2. The van der Waals surface area contributed by atoms with E-state index in [-0.39, 0.29) is 29.7 Å². The second-order valence-corrected chi connectivity index (χ2v) is 6.92. The van der Waals surface area contributed by atoms with Crippen LogP contribution in [0.5, 0.6) is 0 Å². The monoisotopic (exact) mass is 342 g/mol. The highest BCUT2D eigenvalue weighted by atomic mass is 16.2. The van der Waals surface area contributed by atoms with Crippen molar-refractivity contribution >= 4 is 17.3 Å². The van der Waals surface area contributed by atoms with Crippen molar-refractivity contribution in [1.29, 1.82) is 0 Å². The van der Waals surface area contributed by atoms with E-state index in [1.807, 2.05) is 36.9 Å². The van der Waals surface area contributed by atoms with E-state index in [0.29, 0.717) is 11.2 Å². The molecule has 0 aromatic carbocycles. The van der Waals surface area contributed by atoms with Crippen molar-refractivity contribution in [1.82, 2.24) is 19.6 Å². The number of imidazole rings is 1. The number of nitrogens with one attached hydrogen (secondary N) is 1. The van der Waals surface area contributed by atoms with Crippen molar-refractivity contribution in [2.45, 2.75) is 58.5 Å². The first-order valence-corrected chi connectivity index (χ1v) is 9.11. The summed E-state index contributed by atoms with van der Waals surface area (Å²) in [4.78, 5) is 32.0. The average Bonchev–Trinajstić information content (AvgIpc) is 3.00. The fourth-order valence-electron chi connectivity index (χ4n) is 3.51. The highest BCUT2D eigenvalue weighted by Gasteiger charge is 2.30. The van der Waals surface area contributed by atoms with E-state index in [1.165, 1.54) is 0 Å². The number of likely N-dealkylation sites (tertiary alicyclic amines) is 1. The Morgan fingerprint density at radius 3 is 2.84 bits per heavy atom. The third-order valence-electron chi connectivity index (χ3n) is 4.73. The summed E-state index contributed by atoms with van der Waals surface area (Å²) in [7, 11) is 0. The predicted octanol–water partition coefficient (Wildman–Crippen LogP) is 2.88. The number of hydrogen-bond acceptors (Lipinski definition) is 3. The average molecular weight is 342 g/mol. The van der Waals surface area contributed by atoms with Crippen LogP contribution in [0.3, 0.4) is 0 Å². The van der Waals surface area contributed by atoms with Gasteiger partial charge in [0.2, 0.25) is 5.82 Å². The van der Waals surface area contributed by atoms with Gasteiger partial charge in [-0.05, 0) is 51.7 Å². The summed E-state index contributed by atoms with van der Waals surface area (Å²) in [5.41, 5.74) is 1.05. The molecular formula is C19H26N4O2. The van der Waals surface area contributed by atoms with Gasteiger partial charge in [-0.3, -0.25) is 14.0 Å². The Morgan fingerprint density at radius 1 is 1.32 bits per heavy atom. The Hall–Kier alpha value is -2.37. The molecule has 2 aromatic heterocycles. The van der Waals surface area contributed by atoms with Crippen molar-refractivity contribution in [3.8, 4) is 0 Å². The van der Waals surface area contributed by atoms with Gasteiger partial charge in [0.15, 0.2) is 5.69 Å². The predicted molar refractivity (Wildman–Crippen MR) is 96.8 cm³/mol. The summed E-state index contributed by atoms with van der Waals surface area (Å²) in [6.07, 6.45) is 5.94. The van der Waals surface area contributed by atoms with Crippen molar-refractivity contribution < 1.29 is 9.59 Å². The van der Waals surface area contributed by atoms with Crippen molar-refractivity contribution in [3.05, 3.63) is 35.9 Å². The normalized spacial score (nSPS) is 17.9. The molecule has 1 atom stereocenters. The van der Waals surface area contributed by atoms with Crippen LogP contribution in [0.15, 0.2) is 24.4 Å². The number of pyridine rings is 1. The molecular weight excluding hydrogens is 316 g/mol. The molecule has 25 heavy (non-hydrogen) atoms. The van der Waals surface area contributed by atoms with Gasteiger partial charge in [0.1, 0.15) is 0 Å². The van der Waals surface area contributed by atoms with E-state index in [9.17, 15) is 9.59 Å². The first kappa shape index (κ1) is 17.5. The summed E-state index contributed by atoms with van der Waals surface area (Å²) < 4.78 is 1.70. The number of fused-ring (bicyclic) bond motifs is 1. The van der Waals surface area contributed by atoms with E-state index < -0.39 is 0 Å². The molecule has 1 aliphatic rings. The first-order chi connectivity index (χ1) is 12.0. The smallest absolute Gasteiger partial charge is 0.287 e. The number of carbonyl (C=O) groups is 2. The van der Waals surface area contributed by atoms with Gasteiger partial charge in [-0.25, -0.2) is 4.98 Å². The van der Waals surface area contributed by atoms with Gasteiger partial charge in [0.25, 0.3) is 11.8 Å². The minimum absolute atomic E-state index is 0.00859. The maximum Gasteiger partial charge on any atom is 0.287 e. The van der Waals surface area contributed by atoms with Crippen LogP contribution >= 0.6 is 0 Å². The molecule has 1 N–H and O–H groups in total. The Kier molecular flexibility index (Phi) is 5.06. The third-order valence-corrected chi connectivity index (χ3v) is 4.73. The van der Waals surface area contributed by atoms with Gasteiger partial charge in [-0.2, -0.15) is 0 Å². The Balaban J connectivity index is 2.01. The lowest BCUT2D eigenvalue weighted by atomic mass is 9.99. The van der Waals surface area contributed by atoms with Crippen LogP contribution in [0.2, 0.25) is 0 Å². The number of hydrogen-bond donors (Lipinski definition) is 1. The fraction of sp³-hybridized carbons (Fsp3) is 0.526. The molecule has 6 heteroatoms. The molecule has 0 aliphatic carbocycles. The van der Waals surface area contributed by atoms with Crippen molar-refractivity contribution in [3.63, 3.8) is 0 Å². The Labute approximate surface area is 148 Å². The molecule has 0 spiro atoms. The third kappa shape index (κ3) is 3.38. The molecule has 134 valence electrons. The summed E-state index contributed by atoms with van der Waals surface area (Å²) in [5, 5.41) is 2.86. The molecule has 3 heterocycles. The molecule has 0 bridgehead atoms. The highest BCUT2D eigenvalue weighted by molar-refractivity contribution is 6.02. The van der Waals surface area contributed by atoms with Gasteiger partial charge in [0.05, 0.1) is 5.52 Å². The maximum absolute atomic E-state index is 13.2. The maximum atomic E-state index is 13.2. The van der Waals surface area contributed by atoms with Crippen molar-refractivity contribution in [2.24, 2.45) is 0 Å². The zero-order valence-corrected chi connectivity index (χ0v) is 15.2. The minimum atomic E-state index is -0.263. The fourth-order valence-corrected chi connectivity index (χ4v) is 3.51. The van der Waals surface area contributed by atoms with Crippen LogP contribution in [0, 0.1) is 0 Å². The number of aromatic nitrogens is 2. The molecule has 0 radical (unpaired) electrons. The second kappa shape index (κ2) is 7.25. The Morgan fingerprint density at radius 2 is 2.12 bits per heavy atom. The zero-order valence-electron chi connectivity index (χ0n) is 15.2. The lowest BCUT2D eigenvalue weighted by Gasteiger charge is -2.34. The molecule has 1 aliphatic heterocycles. The number of nitrogens with zero attached hydrogens (tertiary/aromatic N) is 3. The topological polar surface area (TPSA) is 66.7 Å². The van der Waals surface area contributed by atoms with Gasteiger partial charge in [-0.15, -0.1) is 0 Å². The largest absolute Gasteiger partial charge is 0.347 e. The Bertz CT molecular complexity index is 781. The van der Waals surface area contributed by atoms with Crippen LogP contribution < -0.4 is 5.32 Å². The molecule has 2 amide bonds. The molecule has 2 aromatic rings. The van der Waals surface area contributed by atoms with E-state index in [1.54, 1.807) is 10.6 Å². The molecule has 6 nitrogen and oxygen atoms in total. The lowest BCUT2D eigenvalue weighted by Crippen LogP contribution is -2.43. The van der Waals surface area contributed by atoms with E-state index in [4.69, 9.17) is 0 Å². The molecule has 0 saturated carbocycles.